The number of hydrogen-bond donors (Lipinski definition) is 0. The van der Waals surface area contributed by atoms with Crippen LogP contribution in [0.15, 0.2) is 180 Å². The molecular formula is C46H29NOS. The van der Waals surface area contributed by atoms with Gasteiger partial charge in [0.2, 0.25) is 0 Å². The van der Waals surface area contributed by atoms with Crippen LogP contribution in [0.2, 0.25) is 0 Å². The van der Waals surface area contributed by atoms with Crippen LogP contribution in [-0.2, 0) is 0 Å². The van der Waals surface area contributed by atoms with Crippen molar-refractivity contribution in [1.82, 2.24) is 0 Å². The molecule has 0 unspecified atom stereocenters. The van der Waals surface area contributed by atoms with E-state index < -0.39 is 0 Å². The molecule has 0 amide bonds. The highest BCUT2D eigenvalue weighted by molar-refractivity contribution is 7.26. The topological polar surface area (TPSA) is 16.4 Å². The van der Waals surface area contributed by atoms with Gasteiger partial charge in [0.25, 0.3) is 0 Å². The van der Waals surface area contributed by atoms with E-state index in [9.17, 15) is 0 Å². The van der Waals surface area contributed by atoms with Crippen LogP contribution >= 0.6 is 11.3 Å². The van der Waals surface area contributed by atoms with E-state index in [-0.39, 0.29) is 0 Å². The van der Waals surface area contributed by atoms with Crippen LogP contribution in [0.1, 0.15) is 0 Å². The Morgan fingerprint density at radius 2 is 1.08 bits per heavy atom. The van der Waals surface area contributed by atoms with Crippen molar-refractivity contribution in [2.75, 3.05) is 4.90 Å². The minimum Gasteiger partial charge on any atom is -0.455 e. The van der Waals surface area contributed by atoms with E-state index >= 15 is 0 Å². The Balaban J connectivity index is 1.22. The van der Waals surface area contributed by atoms with Gasteiger partial charge in [-0.05, 0) is 76.0 Å². The molecule has 49 heavy (non-hydrogen) atoms. The average molecular weight is 644 g/mol. The van der Waals surface area contributed by atoms with Gasteiger partial charge in [0.15, 0.2) is 0 Å². The van der Waals surface area contributed by atoms with Gasteiger partial charge in [-0.15, -0.1) is 11.3 Å². The predicted octanol–water partition coefficient (Wildman–Crippen LogP) is 13.9. The molecule has 0 spiro atoms. The predicted molar refractivity (Wildman–Crippen MR) is 210 cm³/mol. The van der Waals surface area contributed by atoms with Gasteiger partial charge < -0.3 is 9.32 Å². The lowest BCUT2D eigenvalue weighted by molar-refractivity contribution is 0.670. The van der Waals surface area contributed by atoms with Gasteiger partial charge in [-0.1, -0.05) is 127 Å². The fourth-order valence-corrected chi connectivity index (χ4v) is 8.57. The standard InChI is InChI=1S/C46H29NOS/c1-3-12-30(13-4-1)31-22-24-34(25-23-31)47(41-20-11-19-38-37-18-9-10-21-43(37)49-46(38)41)35-26-27-42-39(29-35)40-28-33-16-7-8-17-36(33)44(45(40)48-42)32-14-5-2-6-15-32/h1-29H. The van der Waals surface area contributed by atoms with Crippen molar-refractivity contribution in [3.05, 3.63) is 176 Å². The number of benzene rings is 8. The molecule has 10 aromatic rings. The zero-order valence-electron chi connectivity index (χ0n) is 26.5. The quantitative estimate of drug-likeness (QED) is 0.186. The molecule has 0 radical (unpaired) electrons. The molecule has 0 aliphatic rings. The van der Waals surface area contributed by atoms with Crippen LogP contribution in [-0.4, -0.2) is 0 Å². The number of furan rings is 1. The number of rotatable bonds is 5. The Bertz CT molecular complexity index is 2810. The van der Waals surface area contributed by atoms with Gasteiger partial charge in [0.1, 0.15) is 11.2 Å². The maximum atomic E-state index is 6.75. The highest BCUT2D eigenvalue weighted by Gasteiger charge is 2.21. The Kier molecular flexibility index (Phi) is 6.39. The van der Waals surface area contributed by atoms with Crippen molar-refractivity contribution in [2.24, 2.45) is 0 Å². The minimum atomic E-state index is 0.880. The molecule has 3 heteroatoms. The number of hydrogen-bond acceptors (Lipinski definition) is 3. The maximum Gasteiger partial charge on any atom is 0.143 e. The van der Waals surface area contributed by atoms with E-state index in [2.05, 4.69) is 181 Å². The molecule has 10 rings (SSSR count). The number of fused-ring (bicyclic) bond motifs is 7. The highest BCUT2D eigenvalue weighted by Crippen LogP contribution is 2.47. The van der Waals surface area contributed by atoms with E-state index in [4.69, 9.17) is 4.42 Å². The first-order valence-corrected chi connectivity index (χ1v) is 17.4. The average Bonchev–Trinajstić information content (AvgIpc) is 3.73. The third kappa shape index (κ3) is 4.55. The summed E-state index contributed by atoms with van der Waals surface area (Å²) in [5.41, 5.74) is 9.84. The molecule has 8 aromatic carbocycles. The van der Waals surface area contributed by atoms with Crippen molar-refractivity contribution < 1.29 is 4.42 Å². The SMILES string of the molecule is c1ccc(-c2ccc(N(c3ccc4oc5c(-c6ccccc6)c6ccccc6cc5c4c3)c3cccc4c3sc3ccccc34)cc2)cc1. The van der Waals surface area contributed by atoms with Crippen LogP contribution in [0.25, 0.3) is 75.1 Å². The highest BCUT2D eigenvalue weighted by atomic mass is 32.1. The summed E-state index contributed by atoms with van der Waals surface area (Å²) in [6, 6.07) is 63.1. The molecule has 230 valence electrons. The second-order valence-corrected chi connectivity index (χ2v) is 13.6. The molecule has 0 saturated carbocycles. The lowest BCUT2D eigenvalue weighted by Crippen LogP contribution is -2.10. The maximum absolute atomic E-state index is 6.75. The first-order valence-electron chi connectivity index (χ1n) is 16.6. The molecule has 0 aliphatic carbocycles. The Morgan fingerprint density at radius 3 is 1.90 bits per heavy atom. The van der Waals surface area contributed by atoms with E-state index in [0.29, 0.717) is 0 Å². The molecule has 0 fully saturated rings. The van der Waals surface area contributed by atoms with Crippen molar-refractivity contribution in [2.45, 2.75) is 0 Å². The van der Waals surface area contributed by atoms with Crippen molar-refractivity contribution in [3.63, 3.8) is 0 Å². The fourth-order valence-electron chi connectivity index (χ4n) is 7.36. The van der Waals surface area contributed by atoms with Crippen LogP contribution in [0.4, 0.5) is 17.1 Å². The lowest BCUT2D eigenvalue weighted by Gasteiger charge is -2.26. The molecule has 0 atom stereocenters. The van der Waals surface area contributed by atoms with E-state index in [1.807, 2.05) is 11.3 Å². The minimum absolute atomic E-state index is 0.880. The summed E-state index contributed by atoms with van der Waals surface area (Å²) >= 11 is 1.85. The number of thiophene rings is 1. The molecule has 2 heterocycles. The van der Waals surface area contributed by atoms with Gasteiger partial charge >= 0.3 is 0 Å². The Labute approximate surface area is 287 Å². The molecule has 0 bridgehead atoms. The second kappa shape index (κ2) is 11.2. The Hall–Kier alpha value is -6.16. The summed E-state index contributed by atoms with van der Waals surface area (Å²) in [6.45, 7) is 0. The molecule has 0 saturated heterocycles. The van der Waals surface area contributed by atoms with E-state index in [1.54, 1.807) is 0 Å². The van der Waals surface area contributed by atoms with Gasteiger partial charge in [0.05, 0.1) is 10.4 Å². The zero-order chi connectivity index (χ0) is 32.3. The molecular weight excluding hydrogens is 615 g/mol. The largest absolute Gasteiger partial charge is 0.455 e. The van der Waals surface area contributed by atoms with E-state index in [1.165, 1.54) is 42.1 Å². The van der Waals surface area contributed by atoms with Gasteiger partial charge in [-0.2, -0.15) is 0 Å². The summed E-state index contributed by atoms with van der Waals surface area (Å²) in [5, 5.41) is 7.18. The third-order valence-electron chi connectivity index (χ3n) is 9.64. The van der Waals surface area contributed by atoms with Gasteiger partial charge in [-0.3, -0.25) is 0 Å². The van der Waals surface area contributed by atoms with Crippen molar-refractivity contribution in [3.8, 4) is 22.3 Å². The second-order valence-electron chi connectivity index (χ2n) is 12.5. The van der Waals surface area contributed by atoms with Gasteiger partial charge in [0, 0.05) is 43.2 Å². The van der Waals surface area contributed by atoms with Crippen molar-refractivity contribution >= 4 is 81.3 Å². The Morgan fingerprint density at radius 1 is 0.429 bits per heavy atom. The van der Waals surface area contributed by atoms with Gasteiger partial charge in [-0.25, -0.2) is 0 Å². The monoisotopic (exact) mass is 643 g/mol. The van der Waals surface area contributed by atoms with E-state index in [0.717, 1.165) is 50.1 Å². The summed E-state index contributed by atoms with van der Waals surface area (Å²) < 4.78 is 9.31. The third-order valence-corrected chi connectivity index (χ3v) is 10.9. The lowest BCUT2D eigenvalue weighted by atomic mass is 9.95. The molecule has 2 aromatic heterocycles. The summed E-state index contributed by atoms with van der Waals surface area (Å²) in [4.78, 5) is 2.41. The summed E-state index contributed by atoms with van der Waals surface area (Å²) in [5.74, 6) is 0. The molecule has 2 nitrogen and oxygen atoms in total. The number of nitrogens with zero attached hydrogens (tertiary/aromatic N) is 1. The van der Waals surface area contributed by atoms with Crippen LogP contribution in [0.3, 0.4) is 0 Å². The summed E-state index contributed by atoms with van der Waals surface area (Å²) in [7, 11) is 0. The molecule has 0 N–H and O–H groups in total. The number of anilines is 3. The van der Waals surface area contributed by atoms with Crippen LogP contribution < -0.4 is 4.90 Å². The smallest absolute Gasteiger partial charge is 0.143 e. The van der Waals surface area contributed by atoms with Crippen molar-refractivity contribution in [1.29, 1.82) is 0 Å². The fraction of sp³-hybridized carbons (Fsp3) is 0. The van der Waals surface area contributed by atoms with Crippen LogP contribution in [0, 0.1) is 0 Å². The summed E-state index contributed by atoms with van der Waals surface area (Å²) in [6.07, 6.45) is 0. The first-order chi connectivity index (χ1) is 24.3. The van der Waals surface area contributed by atoms with Crippen LogP contribution in [0.5, 0.6) is 0 Å². The molecule has 0 aliphatic heterocycles. The normalized spacial score (nSPS) is 11.7. The first kappa shape index (κ1) is 27.9. The zero-order valence-corrected chi connectivity index (χ0v) is 27.3.